The molecule has 0 aliphatic rings. The van der Waals surface area contributed by atoms with Gasteiger partial charge in [-0.1, -0.05) is 69.3 Å². The highest BCUT2D eigenvalue weighted by molar-refractivity contribution is 7.99. The van der Waals surface area contributed by atoms with Gasteiger partial charge in [0.05, 0.1) is 17.9 Å². The third kappa shape index (κ3) is 7.18. The normalized spacial score (nSPS) is 10.3. The molecule has 7 nitrogen and oxygen atoms in total. The molecule has 0 atom stereocenters. The van der Waals surface area contributed by atoms with E-state index in [1.807, 2.05) is 6.07 Å². The van der Waals surface area contributed by atoms with Crippen LogP contribution in [-0.4, -0.2) is 28.4 Å². The molecule has 3 N–H and O–H groups in total. The Morgan fingerprint density at radius 3 is 2.31 bits per heavy atom. The minimum atomic E-state index is -0.388. The maximum atomic E-state index is 12.1. The number of carbonyl (C=O) groups is 1. The van der Waals surface area contributed by atoms with Crippen molar-refractivity contribution in [2.45, 2.75) is 56.9 Å². The molecule has 1 heterocycles. The van der Waals surface area contributed by atoms with Crippen LogP contribution in [0, 0.1) is 22.7 Å². The van der Waals surface area contributed by atoms with E-state index in [1.165, 1.54) is 37.8 Å². The molecule has 0 fully saturated rings. The molecule has 2 rings (SSSR count). The summed E-state index contributed by atoms with van der Waals surface area (Å²) in [5, 5.41) is 29.1. The van der Waals surface area contributed by atoms with E-state index in [1.54, 1.807) is 12.1 Å². The fraction of sp³-hybridized carbons (Fsp3) is 0.417. The molecule has 0 saturated carbocycles. The molecule has 1 aromatic carbocycles. The quantitative estimate of drug-likeness (QED) is 0.256. The summed E-state index contributed by atoms with van der Waals surface area (Å²) in [5.74, 6) is -0.362. The molecule has 0 amide bonds. The number of phenols is 1. The van der Waals surface area contributed by atoms with Crippen LogP contribution < -0.4 is 5.73 Å². The van der Waals surface area contributed by atoms with Gasteiger partial charge in [0.25, 0.3) is 0 Å². The van der Waals surface area contributed by atoms with E-state index >= 15 is 0 Å². The summed E-state index contributed by atoms with van der Waals surface area (Å²) in [5.41, 5.74) is 7.09. The van der Waals surface area contributed by atoms with Crippen molar-refractivity contribution in [1.82, 2.24) is 4.98 Å². The number of hydrogen-bond donors (Lipinski definition) is 2. The Kier molecular flexibility index (Phi) is 10.4. The second-order valence-corrected chi connectivity index (χ2v) is 8.29. The number of phenolic OH excluding ortho intramolecular Hbond substituents is 1. The molecule has 1 aromatic heterocycles. The van der Waals surface area contributed by atoms with Gasteiger partial charge in [0, 0.05) is 5.56 Å². The molecule has 0 aliphatic carbocycles. The maximum Gasteiger partial charge on any atom is 0.316 e. The third-order valence-corrected chi connectivity index (χ3v) is 5.86. The van der Waals surface area contributed by atoms with Crippen LogP contribution in [0.2, 0.25) is 0 Å². The number of hydrogen-bond acceptors (Lipinski definition) is 8. The first-order valence-corrected chi connectivity index (χ1v) is 11.7. The number of thioether (sulfide) groups is 1. The van der Waals surface area contributed by atoms with E-state index in [9.17, 15) is 20.4 Å². The first kappa shape index (κ1) is 25.0. The molecule has 0 unspecified atom stereocenters. The van der Waals surface area contributed by atoms with Gasteiger partial charge in [-0.2, -0.15) is 10.5 Å². The summed E-state index contributed by atoms with van der Waals surface area (Å²) in [7, 11) is 0. The van der Waals surface area contributed by atoms with E-state index in [0.29, 0.717) is 17.7 Å². The SMILES string of the molecule is CCCCCCCCCOC(=O)CSc1nc(N)c(C#N)c(-c2ccc(O)cc2)c1C#N. The van der Waals surface area contributed by atoms with Gasteiger partial charge in [0.1, 0.15) is 34.3 Å². The molecule has 2 aromatic rings. The van der Waals surface area contributed by atoms with E-state index in [0.717, 1.165) is 31.0 Å². The highest BCUT2D eigenvalue weighted by Gasteiger charge is 2.21. The number of aromatic nitrogens is 1. The average molecular weight is 453 g/mol. The van der Waals surface area contributed by atoms with Crippen LogP contribution in [0.4, 0.5) is 5.82 Å². The van der Waals surface area contributed by atoms with Gasteiger partial charge in [-0.15, -0.1) is 0 Å². The number of nitrogens with zero attached hydrogens (tertiary/aromatic N) is 3. The lowest BCUT2D eigenvalue weighted by atomic mass is 9.97. The van der Waals surface area contributed by atoms with Crippen LogP contribution in [-0.2, 0) is 9.53 Å². The largest absolute Gasteiger partial charge is 0.508 e. The number of nitriles is 2. The number of carbonyl (C=O) groups excluding carboxylic acids is 1. The van der Waals surface area contributed by atoms with Gasteiger partial charge in [0.15, 0.2) is 0 Å². The van der Waals surface area contributed by atoms with Crippen molar-refractivity contribution in [3.05, 3.63) is 35.4 Å². The zero-order valence-electron chi connectivity index (χ0n) is 18.3. The van der Waals surface area contributed by atoms with E-state index in [-0.39, 0.29) is 39.4 Å². The highest BCUT2D eigenvalue weighted by atomic mass is 32.2. The number of esters is 1. The number of ether oxygens (including phenoxy) is 1. The van der Waals surface area contributed by atoms with Gasteiger partial charge in [-0.3, -0.25) is 4.79 Å². The van der Waals surface area contributed by atoms with Gasteiger partial charge in [-0.25, -0.2) is 4.98 Å². The van der Waals surface area contributed by atoms with Gasteiger partial charge >= 0.3 is 5.97 Å². The Hall–Kier alpha value is -3.23. The van der Waals surface area contributed by atoms with Crippen LogP contribution in [0.25, 0.3) is 11.1 Å². The molecule has 32 heavy (non-hydrogen) atoms. The molecule has 0 saturated heterocycles. The zero-order chi connectivity index (χ0) is 23.3. The molecule has 168 valence electrons. The minimum absolute atomic E-state index is 0.0153. The van der Waals surface area contributed by atoms with Gasteiger partial charge in [-0.05, 0) is 24.1 Å². The minimum Gasteiger partial charge on any atom is -0.508 e. The molecule has 0 spiro atoms. The highest BCUT2D eigenvalue weighted by Crippen LogP contribution is 2.36. The van der Waals surface area contributed by atoms with Gasteiger partial charge in [0.2, 0.25) is 0 Å². The lowest BCUT2D eigenvalue weighted by molar-refractivity contribution is -0.140. The first-order chi connectivity index (χ1) is 15.5. The molecule has 0 bridgehead atoms. The second kappa shape index (κ2) is 13.2. The van der Waals surface area contributed by atoms with Crippen molar-refractivity contribution in [2.75, 3.05) is 18.1 Å². The molecular weight excluding hydrogens is 424 g/mol. The summed E-state index contributed by atoms with van der Waals surface area (Å²) >= 11 is 1.06. The predicted molar refractivity (Wildman–Crippen MR) is 125 cm³/mol. The smallest absolute Gasteiger partial charge is 0.316 e. The third-order valence-electron chi connectivity index (χ3n) is 4.91. The topological polar surface area (TPSA) is 133 Å². The van der Waals surface area contributed by atoms with Crippen molar-refractivity contribution in [1.29, 1.82) is 10.5 Å². The Morgan fingerprint density at radius 1 is 1.06 bits per heavy atom. The number of anilines is 1. The number of unbranched alkanes of at least 4 members (excludes halogenated alkanes) is 6. The van der Waals surface area contributed by atoms with Gasteiger partial charge < -0.3 is 15.6 Å². The van der Waals surface area contributed by atoms with Crippen molar-refractivity contribution >= 4 is 23.5 Å². The van der Waals surface area contributed by atoms with E-state index in [2.05, 4.69) is 18.0 Å². The van der Waals surface area contributed by atoms with E-state index < -0.39 is 0 Å². The average Bonchev–Trinajstić information content (AvgIpc) is 2.79. The van der Waals surface area contributed by atoms with E-state index in [4.69, 9.17) is 10.5 Å². The maximum absolute atomic E-state index is 12.1. The number of benzene rings is 1. The summed E-state index contributed by atoms with van der Waals surface area (Å²) < 4.78 is 5.29. The summed E-state index contributed by atoms with van der Waals surface area (Å²) in [6.07, 6.45) is 7.96. The molecule has 0 aliphatic heterocycles. The molecular formula is C24H28N4O3S. The Bertz CT molecular complexity index is 994. The van der Waals surface area contributed by atoms with Crippen LogP contribution in [0.1, 0.15) is 63.0 Å². The lowest BCUT2D eigenvalue weighted by Gasteiger charge is -2.13. The van der Waals surface area contributed by atoms with Crippen molar-refractivity contribution in [2.24, 2.45) is 0 Å². The number of nitrogens with two attached hydrogens (primary N) is 1. The number of pyridine rings is 1. The summed E-state index contributed by atoms with van der Waals surface area (Å²) in [6.45, 7) is 2.56. The van der Waals surface area contributed by atoms with Crippen molar-refractivity contribution in [3.8, 4) is 29.0 Å². The standard InChI is InChI=1S/C24H28N4O3S/c1-2-3-4-5-6-7-8-13-31-21(30)16-32-24-20(15-26)22(19(14-25)23(27)28-24)17-9-11-18(29)12-10-17/h9-12,29H,2-8,13,16H2,1H3,(H2,27,28). The van der Waals surface area contributed by atoms with Crippen LogP contribution in [0.15, 0.2) is 29.3 Å². The summed E-state index contributed by atoms with van der Waals surface area (Å²) in [6, 6.07) is 10.2. The Balaban J connectivity index is 2.02. The fourth-order valence-corrected chi connectivity index (χ4v) is 4.03. The van der Waals surface area contributed by atoms with Crippen LogP contribution >= 0.6 is 11.8 Å². The monoisotopic (exact) mass is 452 g/mol. The lowest BCUT2D eigenvalue weighted by Crippen LogP contribution is -2.10. The Labute approximate surface area is 193 Å². The van der Waals surface area contributed by atoms with Crippen LogP contribution in [0.5, 0.6) is 5.75 Å². The number of nitrogen functional groups attached to an aromatic ring is 1. The van der Waals surface area contributed by atoms with Crippen molar-refractivity contribution in [3.63, 3.8) is 0 Å². The van der Waals surface area contributed by atoms with Crippen LogP contribution in [0.3, 0.4) is 0 Å². The molecule has 8 heteroatoms. The Morgan fingerprint density at radius 2 is 1.69 bits per heavy atom. The van der Waals surface area contributed by atoms with Crippen molar-refractivity contribution < 1.29 is 14.6 Å². The first-order valence-electron chi connectivity index (χ1n) is 10.7. The fourth-order valence-electron chi connectivity index (χ4n) is 3.23. The predicted octanol–water partition coefficient (Wildman–Crippen LogP) is 5.17. The number of rotatable bonds is 12. The second-order valence-electron chi connectivity index (χ2n) is 7.33. The summed E-state index contributed by atoms with van der Waals surface area (Å²) in [4.78, 5) is 16.3. The number of aromatic hydroxyl groups is 1. The zero-order valence-corrected chi connectivity index (χ0v) is 19.1. The molecule has 0 radical (unpaired) electrons.